The first kappa shape index (κ1) is 27.4. The smallest absolute Gasteiger partial charge is 0.228 e. The quantitative estimate of drug-likeness (QED) is 0.159. The molecule has 0 aliphatic carbocycles. The van der Waals surface area contributed by atoms with Crippen molar-refractivity contribution in [2.75, 3.05) is 11.9 Å². The van der Waals surface area contributed by atoms with Crippen molar-refractivity contribution in [3.05, 3.63) is 59.7 Å². The Kier molecular flexibility index (Phi) is 14.7. The number of benzene rings is 2. The Balaban J connectivity index is 1.51. The topological polar surface area (TPSA) is 38.3 Å². The number of hydrogen-bond donors (Lipinski definition) is 1. The molecule has 0 saturated heterocycles. The third kappa shape index (κ3) is 12.9. The van der Waals surface area contributed by atoms with Crippen LogP contribution in [0.15, 0.2) is 48.5 Å². The lowest BCUT2D eigenvalue weighted by Gasteiger charge is -2.09. The molecule has 0 bridgehead atoms. The van der Waals surface area contributed by atoms with Crippen molar-refractivity contribution in [1.29, 1.82) is 0 Å². The molecule has 2 rings (SSSR count). The van der Waals surface area contributed by atoms with E-state index in [0.29, 0.717) is 6.42 Å². The Morgan fingerprint density at radius 2 is 1.39 bits per heavy atom. The molecular formula is C29H42BrNO2. The number of anilines is 1. The number of halogens is 1. The van der Waals surface area contributed by atoms with E-state index >= 15 is 0 Å². The third-order valence-electron chi connectivity index (χ3n) is 5.92. The molecule has 0 aliphatic rings. The molecule has 0 saturated carbocycles. The van der Waals surface area contributed by atoms with E-state index < -0.39 is 0 Å². The maximum absolute atomic E-state index is 12.3. The zero-order valence-corrected chi connectivity index (χ0v) is 22.0. The molecule has 0 spiro atoms. The average Bonchev–Trinajstić information content (AvgIpc) is 2.83. The van der Waals surface area contributed by atoms with Gasteiger partial charge in [0.25, 0.3) is 0 Å². The summed E-state index contributed by atoms with van der Waals surface area (Å²) in [6, 6.07) is 15.8. The lowest BCUT2D eigenvalue weighted by molar-refractivity contribution is -0.115. The summed E-state index contributed by atoms with van der Waals surface area (Å²) in [5.41, 5.74) is 2.96. The summed E-state index contributed by atoms with van der Waals surface area (Å²) in [5, 5.41) is 3.74. The van der Waals surface area contributed by atoms with Gasteiger partial charge in [0.15, 0.2) is 0 Å². The molecule has 0 radical (unpaired) electrons. The third-order valence-corrected chi connectivity index (χ3v) is 6.57. The Hall–Kier alpha value is -1.81. The summed E-state index contributed by atoms with van der Waals surface area (Å²) in [6.07, 6.45) is 16.6. The number of nitrogens with one attached hydrogen (secondary N) is 1. The van der Waals surface area contributed by atoms with E-state index in [2.05, 4.69) is 28.2 Å². The van der Waals surface area contributed by atoms with Gasteiger partial charge in [0, 0.05) is 11.0 Å². The zero-order chi connectivity index (χ0) is 23.6. The molecule has 0 heterocycles. The van der Waals surface area contributed by atoms with Crippen molar-refractivity contribution in [2.45, 2.75) is 95.7 Å². The summed E-state index contributed by atoms with van der Waals surface area (Å²) >= 11 is 3.44. The van der Waals surface area contributed by atoms with Gasteiger partial charge in [0.1, 0.15) is 5.75 Å². The van der Waals surface area contributed by atoms with Gasteiger partial charge in [0.2, 0.25) is 5.91 Å². The lowest BCUT2D eigenvalue weighted by Crippen LogP contribution is -2.14. The van der Waals surface area contributed by atoms with Crippen LogP contribution in [-0.2, 0) is 16.5 Å². The van der Waals surface area contributed by atoms with Crippen molar-refractivity contribution in [3.63, 3.8) is 0 Å². The standard InChI is InChI=1S/C29H42BrNO2/c1-2-3-4-5-6-7-8-9-10-11-12-13-21-33-28-19-17-25(18-20-28)23-29(32)31-27-16-14-15-26(22-27)24-30/h14-20,22H,2-13,21,23-24H2,1H3,(H,31,32). The van der Waals surface area contributed by atoms with Crippen LogP contribution >= 0.6 is 15.9 Å². The highest BCUT2D eigenvalue weighted by molar-refractivity contribution is 9.08. The minimum absolute atomic E-state index is 0.00751. The highest BCUT2D eigenvalue weighted by Gasteiger charge is 2.05. The van der Waals surface area contributed by atoms with Gasteiger partial charge in [-0.15, -0.1) is 0 Å². The molecule has 0 aliphatic heterocycles. The van der Waals surface area contributed by atoms with Crippen LogP contribution in [0.2, 0.25) is 0 Å². The summed E-state index contributed by atoms with van der Waals surface area (Å²) in [7, 11) is 0. The zero-order valence-electron chi connectivity index (χ0n) is 20.4. The molecule has 0 atom stereocenters. The van der Waals surface area contributed by atoms with Gasteiger partial charge in [-0.05, 0) is 41.8 Å². The fraction of sp³-hybridized carbons (Fsp3) is 0.552. The minimum Gasteiger partial charge on any atom is -0.494 e. The molecular weight excluding hydrogens is 474 g/mol. The largest absolute Gasteiger partial charge is 0.494 e. The molecule has 1 amide bonds. The van der Waals surface area contributed by atoms with Gasteiger partial charge < -0.3 is 10.1 Å². The lowest BCUT2D eigenvalue weighted by atomic mass is 10.1. The van der Waals surface area contributed by atoms with Crippen LogP contribution in [0.5, 0.6) is 5.75 Å². The fourth-order valence-corrected chi connectivity index (χ4v) is 4.31. The van der Waals surface area contributed by atoms with Crippen molar-refractivity contribution >= 4 is 27.5 Å². The van der Waals surface area contributed by atoms with Crippen LogP contribution in [0.4, 0.5) is 5.69 Å². The van der Waals surface area contributed by atoms with E-state index in [-0.39, 0.29) is 5.91 Å². The Labute approximate surface area is 209 Å². The number of unbranched alkanes of at least 4 members (excludes halogenated alkanes) is 11. The monoisotopic (exact) mass is 515 g/mol. The van der Waals surface area contributed by atoms with Crippen LogP contribution in [0.25, 0.3) is 0 Å². The number of carbonyl (C=O) groups excluding carboxylic acids is 1. The number of ether oxygens (including phenoxy) is 1. The summed E-state index contributed by atoms with van der Waals surface area (Å²) in [5.74, 6) is 0.874. The van der Waals surface area contributed by atoms with Gasteiger partial charge >= 0.3 is 0 Å². The van der Waals surface area contributed by atoms with Crippen LogP contribution < -0.4 is 10.1 Å². The van der Waals surface area contributed by atoms with Gasteiger partial charge in [-0.3, -0.25) is 4.79 Å². The molecule has 33 heavy (non-hydrogen) atoms. The Morgan fingerprint density at radius 3 is 2.00 bits per heavy atom. The second-order valence-electron chi connectivity index (χ2n) is 8.94. The van der Waals surface area contributed by atoms with Crippen LogP contribution in [0, 0.1) is 0 Å². The van der Waals surface area contributed by atoms with Crippen molar-refractivity contribution in [1.82, 2.24) is 0 Å². The maximum atomic E-state index is 12.3. The van der Waals surface area contributed by atoms with E-state index in [1.54, 1.807) is 0 Å². The predicted octanol–water partition coefficient (Wildman–Crippen LogP) is 8.84. The summed E-state index contributed by atoms with van der Waals surface area (Å²) in [4.78, 5) is 12.3. The van der Waals surface area contributed by atoms with Gasteiger partial charge in [-0.25, -0.2) is 0 Å². The Morgan fingerprint density at radius 1 is 0.788 bits per heavy atom. The molecule has 182 valence electrons. The normalized spacial score (nSPS) is 10.8. The predicted molar refractivity (Wildman–Crippen MR) is 144 cm³/mol. The number of alkyl halides is 1. The molecule has 1 N–H and O–H groups in total. The van der Waals surface area contributed by atoms with E-state index in [1.165, 1.54) is 70.6 Å². The molecule has 2 aromatic rings. The van der Waals surface area contributed by atoms with E-state index in [1.807, 2.05) is 48.5 Å². The van der Waals surface area contributed by atoms with Gasteiger partial charge in [-0.2, -0.15) is 0 Å². The average molecular weight is 517 g/mol. The first-order valence-electron chi connectivity index (χ1n) is 12.9. The molecule has 3 nitrogen and oxygen atoms in total. The summed E-state index contributed by atoms with van der Waals surface area (Å²) < 4.78 is 5.87. The molecule has 2 aromatic carbocycles. The minimum atomic E-state index is -0.00751. The van der Waals surface area contributed by atoms with E-state index in [9.17, 15) is 4.79 Å². The van der Waals surface area contributed by atoms with Crippen LogP contribution in [0.1, 0.15) is 95.1 Å². The van der Waals surface area contributed by atoms with Gasteiger partial charge in [-0.1, -0.05) is 118 Å². The fourth-order valence-electron chi connectivity index (χ4n) is 3.96. The molecule has 4 heteroatoms. The van der Waals surface area contributed by atoms with Crippen molar-refractivity contribution in [3.8, 4) is 5.75 Å². The van der Waals surface area contributed by atoms with Crippen LogP contribution in [-0.4, -0.2) is 12.5 Å². The number of hydrogen-bond acceptors (Lipinski definition) is 2. The maximum Gasteiger partial charge on any atom is 0.228 e. The van der Waals surface area contributed by atoms with E-state index in [0.717, 1.165) is 40.9 Å². The molecule has 0 aromatic heterocycles. The first-order chi connectivity index (χ1) is 16.2. The molecule has 0 fully saturated rings. The summed E-state index contributed by atoms with van der Waals surface area (Å²) in [6.45, 7) is 3.04. The van der Waals surface area contributed by atoms with Crippen LogP contribution in [0.3, 0.4) is 0 Å². The van der Waals surface area contributed by atoms with Crippen molar-refractivity contribution in [2.24, 2.45) is 0 Å². The second-order valence-corrected chi connectivity index (χ2v) is 9.50. The number of amides is 1. The highest BCUT2D eigenvalue weighted by atomic mass is 79.9. The van der Waals surface area contributed by atoms with E-state index in [4.69, 9.17) is 4.74 Å². The van der Waals surface area contributed by atoms with Gasteiger partial charge in [0.05, 0.1) is 13.0 Å². The molecule has 0 unspecified atom stereocenters. The second kappa shape index (κ2) is 17.6. The number of carbonyl (C=O) groups is 1. The van der Waals surface area contributed by atoms with Crippen molar-refractivity contribution < 1.29 is 9.53 Å². The highest BCUT2D eigenvalue weighted by Crippen LogP contribution is 2.17. The SMILES string of the molecule is CCCCCCCCCCCCCCOc1ccc(CC(=O)Nc2cccc(CBr)c2)cc1. The Bertz CT molecular complexity index is 775. The number of rotatable bonds is 18. The first-order valence-corrected chi connectivity index (χ1v) is 14.0.